The Morgan fingerprint density at radius 1 is 1.20 bits per heavy atom. The predicted molar refractivity (Wildman–Crippen MR) is 81.5 cm³/mol. The summed E-state index contributed by atoms with van der Waals surface area (Å²) in [5.41, 5.74) is 1.45. The molecule has 0 bridgehead atoms. The Hall–Kier alpha value is -1.59. The third-order valence-corrected chi connectivity index (χ3v) is 3.58. The van der Waals surface area contributed by atoms with E-state index in [0.29, 0.717) is 21.7 Å². The molecule has 0 heterocycles. The van der Waals surface area contributed by atoms with Gasteiger partial charge in [-0.05, 0) is 18.2 Å². The van der Waals surface area contributed by atoms with Gasteiger partial charge in [0, 0.05) is 22.0 Å². The van der Waals surface area contributed by atoms with Gasteiger partial charge in [0.2, 0.25) is 0 Å². The van der Waals surface area contributed by atoms with Crippen molar-refractivity contribution in [2.75, 3.05) is 0 Å². The minimum Gasteiger partial charge on any atom is -0.488 e. The van der Waals surface area contributed by atoms with Crippen LogP contribution < -0.4 is 4.74 Å². The number of nitro benzene ring substituents is 1. The van der Waals surface area contributed by atoms with Crippen LogP contribution in [-0.4, -0.2) is 4.92 Å². The Labute approximate surface area is 129 Å². The first-order valence-corrected chi connectivity index (χ1v) is 7.31. The smallest absolute Gasteiger partial charge is 0.277 e. The molecule has 0 N–H and O–H groups in total. The molecular weight excluding hydrogens is 346 g/mol. The summed E-state index contributed by atoms with van der Waals surface area (Å²) >= 11 is 9.15. The number of nitro groups is 1. The highest BCUT2D eigenvalue weighted by atomic mass is 79.9. The number of benzene rings is 2. The molecule has 104 valence electrons. The molecule has 0 fully saturated rings. The summed E-state index contributed by atoms with van der Waals surface area (Å²) < 4.78 is 5.67. The van der Waals surface area contributed by atoms with Crippen molar-refractivity contribution >= 4 is 33.2 Å². The van der Waals surface area contributed by atoms with Gasteiger partial charge in [0.15, 0.2) is 0 Å². The first kappa shape index (κ1) is 14.8. The summed E-state index contributed by atoms with van der Waals surface area (Å²) in [5.74, 6) is 0.702. The molecule has 0 saturated heterocycles. The van der Waals surface area contributed by atoms with E-state index in [1.807, 2.05) is 24.3 Å². The lowest BCUT2D eigenvalue weighted by Gasteiger charge is -2.10. The van der Waals surface area contributed by atoms with E-state index in [4.69, 9.17) is 16.3 Å². The van der Waals surface area contributed by atoms with E-state index in [-0.39, 0.29) is 12.3 Å². The van der Waals surface area contributed by atoms with Gasteiger partial charge in [-0.3, -0.25) is 10.1 Å². The molecule has 20 heavy (non-hydrogen) atoms. The lowest BCUT2D eigenvalue weighted by molar-refractivity contribution is -0.385. The molecule has 0 atom stereocenters. The van der Waals surface area contributed by atoms with Crippen LogP contribution in [0, 0.1) is 10.1 Å². The largest absolute Gasteiger partial charge is 0.488 e. The van der Waals surface area contributed by atoms with E-state index in [2.05, 4.69) is 15.9 Å². The lowest BCUT2D eigenvalue weighted by atomic mass is 10.2. The van der Waals surface area contributed by atoms with Gasteiger partial charge in [0.25, 0.3) is 5.69 Å². The Morgan fingerprint density at radius 2 is 1.95 bits per heavy atom. The Morgan fingerprint density at radius 3 is 2.65 bits per heavy atom. The molecule has 0 amide bonds. The number of halogens is 2. The zero-order chi connectivity index (χ0) is 14.5. The highest BCUT2D eigenvalue weighted by Gasteiger charge is 2.15. The second kappa shape index (κ2) is 6.72. The maximum atomic E-state index is 11.0. The lowest BCUT2D eigenvalue weighted by Crippen LogP contribution is -2.01. The van der Waals surface area contributed by atoms with E-state index in [1.54, 1.807) is 12.1 Å². The summed E-state index contributed by atoms with van der Waals surface area (Å²) in [4.78, 5) is 10.5. The van der Waals surface area contributed by atoms with E-state index in [0.717, 1.165) is 5.56 Å². The van der Waals surface area contributed by atoms with Crippen molar-refractivity contribution in [1.29, 1.82) is 0 Å². The van der Waals surface area contributed by atoms with Crippen LogP contribution in [0.4, 0.5) is 5.69 Å². The first-order valence-electron chi connectivity index (χ1n) is 5.81. The average Bonchev–Trinajstić information content (AvgIpc) is 2.46. The number of nitrogens with zero attached hydrogens (tertiary/aromatic N) is 1. The van der Waals surface area contributed by atoms with E-state index >= 15 is 0 Å². The fourth-order valence-electron chi connectivity index (χ4n) is 1.74. The summed E-state index contributed by atoms with van der Waals surface area (Å²) in [6.07, 6.45) is 0. The van der Waals surface area contributed by atoms with Gasteiger partial charge in [0.1, 0.15) is 12.4 Å². The normalized spacial score (nSPS) is 10.3. The van der Waals surface area contributed by atoms with Crippen LogP contribution in [0.1, 0.15) is 11.1 Å². The number of alkyl halides is 1. The molecule has 0 aromatic heterocycles. The molecule has 0 saturated carbocycles. The number of para-hydroxylation sites is 1. The second-order valence-corrected chi connectivity index (χ2v) is 5.06. The maximum absolute atomic E-state index is 11.0. The van der Waals surface area contributed by atoms with Gasteiger partial charge in [-0.25, -0.2) is 0 Å². The predicted octanol–water partition coefficient (Wildman–Crippen LogP) is 4.72. The Kier molecular flexibility index (Phi) is 4.98. The van der Waals surface area contributed by atoms with E-state index in [1.165, 1.54) is 6.07 Å². The van der Waals surface area contributed by atoms with Gasteiger partial charge in [0.05, 0.1) is 10.5 Å². The second-order valence-electron chi connectivity index (χ2n) is 4.06. The number of rotatable bonds is 5. The first-order chi connectivity index (χ1) is 9.61. The highest BCUT2D eigenvalue weighted by molar-refractivity contribution is 9.08. The van der Waals surface area contributed by atoms with Crippen molar-refractivity contribution < 1.29 is 9.66 Å². The minimum atomic E-state index is -0.457. The molecule has 2 aromatic rings. The van der Waals surface area contributed by atoms with Crippen molar-refractivity contribution in [3.05, 3.63) is 68.7 Å². The van der Waals surface area contributed by atoms with Crippen LogP contribution in [0.5, 0.6) is 5.75 Å². The van der Waals surface area contributed by atoms with Crippen LogP contribution in [0.2, 0.25) is 5.02 Å². The molecule has 2 aromatic carbocycles. The standard InChI is InChI=1S/C14H11BrClNO3/c15-8-10-3-1-2-4-14(10)20-9-11-5-6-12(16)7-13(11)17(18)19/h1-7H,8-9H2. The molecule has 2 rings (SSSR count). The molecule has 0 radical (unpaired) electrons. The number of hydrogen-bond donors (Lipinski definition) is 0. The van der Waals surface area contributed by atoms with Gasteiger partial charge >= 0.3 is 0 Å². The van der Waals surface area contributed by atoms with E-state index in [9.17, 15) is 10.1 Å². The van der Waals surface area contributed by atoms with Crippen LogP contribution in [0.15, 0.2) is 42.5 Å². The van der Waals surface area contributed by atoms with Gasteiger partial charge < -0.3 is 4.74 Å². The van der Waals surface area contributed by atoms with Gasteiger partial charge in [-0.15, -0.1) is 0 Å². The van der Waals surface area contributed by atoms with Crippen molar-refractivity contribution in [2.45, 2.75) is 11.9 Å². The SMILES string of the molecule is O=[N+]([O-])c1cc(Cl)ccc1COc1ccccc1CBr. The van der Waals surface area contributed by atoms with Crippen LogP contribution in [0.3, 0.4) is 0 Å². The highest BCUT2D eigenvalue weighted by Crippen LogP contribution is 2.26. The molecule has 0 aliphatic heterocycles. The van der Waals surface area contributed by atoms with Gasteiger partial charge in [-0.2, -0.15) is 0 Å². The van der Waals surface area contributed by atoms with Crippen LogP contribution in [-0.2, 0) is 11.9 Å². The molecule has 0 aliphatic rings. The fraction of sp³-hybridized carbons (Fsp3) is 0.143. The van der Waals surface area contributed by atoms with Crippen LogP contribution >= 0.6 is 27.5 Å². The van der Waals surface area contributed by atoms with Crippen molar-refractivity contribution in [2.24, 2.45) is 0 Å². The molecule has 6 heteroatoms. The Balaban J connectivity index is 2.21. The molecule has 0 aliphatic carbocycles. The fourth-order valence-corrected chi connectivity index (χ4v) is 2.37. The third-order valence-electron chi connectivity index (χ3n) is 2.74. The van der Waals surface area contributed by atoms with Crippen molar-refractivity contribution in [3.63, 3.8) is 0 Å². The monoisotopic (exact) mass is 355 g/mol. The topological polar surface area (TPSA) is 52.4 Å². The third kappa shape index (κ3) is 3.49. The van der Waals surface area contributed by atoms with E-state index < -0.39 is 4.92 Å². The van der Waals surface area contributed by atoms with Crippen LogP contribution in [0.25, 0.3) is 0 Å². The summed E-state index contributed by atoms with van der Waals surface area (Å²) in [6.45, 7) is 0.123. The molecule has 0 spiro atoms. The average molecular weight is 357 g/mol. The number of hydrogen-bond acceptors (Lipinski definition) is 3. The zero-order valence-corrected chi connectivity index (χ0v) is 12.7. The van der Waals surface area contributed by atoms with Crippen molar-refractivity contribution in [1.82, 2.24) is 0 Å². The number of ether oxygens (including phenoxy) is 1. The molecule has 0 unspecified atom stereocenters. The summed E-state index contributed by atoms with van der Waals surface area (Å²) in [7, 11) is 0. The summed E-state index contributed by atoms with van der Waals surface area (Å²) in [5, 5.41) is 12.0. The molecular formula is C14H11BrClNO3. The summed E-state index contributed by atoms with van der Waals surface area (Å²) in [6, 6.07) is 12.1. The molecule has 4 nitrogen and oxygen atoms in total. The van der Waals surface area contributed by atoms with Crippen molar-refractivity contribution in [3.8, 4) is 5.75 Å². The minimum absolute atomic E-state index is 0.0335. The Bertz CT molecular complexity index is 634. The zero-order valence-electron chi connectivity index (χ0n) is 10.4. The maximum Gasteiger partial charge on any atom is 0.277 e. The van der Waals surface area contributed by atoms with Gasteiger partial charge in [-0.1, -0.05) is 45.7 Å². The quantitative estimate of drug-likeness (QED) is 0.442.